The second kappa shape index (κ2) is 10.3. The van der Waals surface area contributed by atoms with Gasteiger partial charge in [0.05, 0.1) is 18.9 Å². The number of rotatable bonds is 9. The molecule has 0 N–H and O–H groups in total. The quantitative estimate of drug-likeness (QED) is 0.440. The molecule has 0 radical (unpaired) electrons. The normalized spacial score (nSPS) is 16.8. The molecule has 0 unspecified atom stereocenters. The van der Waals surface area contributed by atoms with Crippen LogP contribution in [0.25, 0.3) is 0 Å². The molecule has 0 aromatic heterocycles. The number of urea groups is 1. The first-order valence-electron chi connectivity index (χ1n) is 10.8. The van der Waals surface area contributed by atoms with E-state index in [-0.39, 0.29) is 11.6 Å². The van der Waals surface area contributed by atoms with E-state index in [0.717, 1.165) is 37.0 Å². The standard InChI is InChI=1S/C22H29N3O6/c1-3-12-30-17-9-8-16(14-18(17)31-13-4-2)25-21(28)20(27)24(22(25)29)15-19(26)23-10-6-5-7-11-23/h8-9,14H,3-7,10-13,15H2,1-2H3. The maximum atomic E-state index is 12.9. The number of amides is 5. The minimum atomic E-state index is -1.00. The SMILES string of the molecule is CCCOc1ccc(N2C(=O)C(=O)N(CC(=O)N3CCCCC3)C2=O)cc1OCCC. The van der Waals surface area contributed by atoms with Gasteiger partial charge in [-0.05, 0) is 44.2 Å². The molecule has 0 saturated carbocycles. The zero-order chi connectivity index (χ0) is 22.4. The Bertz CT molecular complexity index is 850. The Morgan fingerprint density at radius 2 is 1.55 bits per heavy atom. The van der Waals surface area contributed by atoms with Crippen molar-refractivity contribution in [2.45, 2.75) is 46.0 Å². The van der Waals surface area contributed by atoms with Crippen molar-refractivity contribution in [2.75, 3.05) is 37.7 Å². The van der Waals surface area contributed by atoms with E-state index in [2.05, 4.69) is 0 Å². The molecule has 2 aliphatic heterocycles. The predicted octanol–water partition coefficient (Wildman–Crippen LogP) is 2.57. The fourth-order valence-corrected chi connectivity index (χ4v) is 3.54. The highest BCUT2D eigenvalue weighted by Crippen LogP contribution is 2.34. The Balaban J connectivity index is 1.80. The van der Waals surface area contributed by atoms with E-state index in [1.54, 1.807) is 11.0 Å². The summed E-state index contributed by atoms with van der Waals surface area (Å²) >= 11 is 0. The van der Waals surface area contributed by atoms with Crippen LogP contribution in [0.2, 0.25) is 0 Å². The molecule has 1 aromatic rings. The summed E-state index contributed by atoms with van der Waals surface area (Å²) in [6, 6.07) is 3.83. The Morgan fingerprint density at radius 1 is 0.903 bits per heavy atom. The molecule has 1 aromatic carbocycles. The average Bonchev–Trinajstić information content (AvgIpc) is 3.00. The molecular formula is C22H29N3O6. The molecule has 2 fully saturated rings. The van der Waals surface area contributed by atoms with Crippen LogP contribution >= 0.6 is 0 Å². The summed E-state index contributed by atoms with van der Waals surface area (Å²) in [7, 11) is 0. The van der Waals surface area contributed by atoms with Crippen molar-refractivity contribution in [3.63, 3.8) is 0 Å². The average molecular weight is 431 g/mol. The number of likely N-dealkylation sites (tertiary alicyclic amines) is 1. The van der Waals surface area contributed by atoms with E-state index in [1.807, 2.05) is 13.8 Å². The lowest BCUT2D eigenvalue weighted by Gasteiger charge is -2.27. The smallest absolute Gasteiger partial charge is 0.339 e. The van der Waals surface area contributed by atoms with Crippen molar-refractivity contribution in [3.05, 3.63) is 18.2 Å². The van der Waals surface area contributed by atoms with Gasteiger partial charge in [0.25, 0.3) is 0 Å². The maximum Gasteiger partial charge on any atom is 0.339 e. The van der Waals surface area contributed by atoms with Gasteiger partial charge >= 0.3 is 17.8 Å². The third kappa shape index (κ3) is 4.98. The zero-order valence-electron chi connectivity index (χ0n) is 18.1. The third-order valence-electron chi connectivity index (χ3n) is 5.16. The third-order valence-corrected chi connectivity index (χ3v) is 5.16. The van der Waals surface area contributed by atoms with Gasteiger partial charge in [0.1, 0.15) is 6.54 Å². The van der Waals surface area contributed by atoms with Crippen LogP contribution in [0.15, 0.2) is 18.2 Å². The number of benzene rings is 1. The number of nitrogens with zero attached hydrogens (tertiary/aromatic N) is 3. The zero-order valence-corrected chi connectivity index (χ0v) is 18.1. The van der Waals surface area contributed by atoms with Gasteiger partial charge in [-0.25, -0.2) is 14.6 Å². The number of carbonyl (C=O) groups is 4. The number of hydrogen-bond acceptors (Lipinski definition) is 6. The van der Waals surface area contributed by atoms with Gasteiger partial charge in [-0.15, -0.1) is 0 Å². The van der Waals surface area contributed by atoms with Gasteiger partial charge in [-0.3, -0.25) is 14.4 Å². The summed E-state index contributed by atoms with van der Waals surface area (Å²) in [5.41, 5.74) is 0.200. The Labute approximate surface area is 181 Å². The second-order valence-electron chi connectivity index (χ2n) is 7.58. The fraction of sp³-hybridized carbons (Fsp3) is 0.545. The summed E-state index contributed by atoms with van der Waals surface area (Å²) in [4.78, 5) is 53.6. The van der Waals surface area contributed by atoms with Crippen molar-refractivity contribution >= 4 is 29.4 Å². The van der Waals surface area contributed by atoms with Crippen LogP contribution in [0.1, 0.15) is 46.0 Å². The van der Waals surface area contributed by atoms with Crippen LogP contribution in [0.4, 0.5) is 10.5 Å². The number of carbonyl (C=O) groups excluding carboxylic acids is 4. The number of anilines is 1. The highest BCUT2D eigenvalue weighted by Gasteiger charge is 2.46. The van der Waals surface area contributed by atoms with Crippen LogP contribution in [-0.2, 0) is 14.4 Å². The highest BCUT2D eigenvalue weighted by atomic mass is 16.5. The fourth-order valence-electron chi connectivity index (χ4n) is 3.54. The molecule has 3 rings (SSSR count). The molecule has 2 aliphatic rings. The van der Waals surface area contributed by atoms with Crippen molar-refractivity contribution < 1.29 is 28.7 Å². The highest BCUT2D eigenvalue weighted by molar-refractivity contribution is 6.53. The Hall–Kier alpha value is -3.10. The lowest BCUT2D eigenvalue weighted by Crippen LogP contribution is -2.45. The molecule has 9 nitrogen and oxygen atoms in total. The number of hydrogen-bond donors (Lipinski definition) is 0. The van der Waals surface area contributed by atoms with Gasteiger partial charge in [-0.1, -0.05) is 13.8 Å². The minimum absolute atomic E-state index is 0.200. The molecule has 168 valence electrons. The van der Waals surface area contributed by atoms with E-state index in [0.29, 0.717) is 42.7 Å². The molecule has 0 atom stereocenters. The van der Waals surface area contributed by atoms with E-state index in [1.165, 1.54) is 12.1 Å². The predicted molar refractivity (Wildman–Crippen MR) is 113 cm³/mol. The molecular weight excluding hydrogens is 402 g/mol. The molecule has 0 aliphatic carbocycles. The van der Waals surface area contributed by atoms with Crippen molar-refractivity contribution in [3.8, 4) is 11.5 Å². The molecule has 2 heterocycles. The number of ether oxygens (including phenoxy) is 2. The molecule has 9 heteroatoms. The Kier molecular flexibility index (Phi) is 7.49. The molecule has 31 heavy (non-hydrogen) atoms. The Morgan fingerprint density at radius 3 is 2.19 bits per heavy atom. The number of piperidine rings is 1. The molecule has 0 bridgehead atoms. The van der Waals surface area contributed by atoms with Gasteiger partial charge in [-0.2, -0.15) is 0 Å². The lowest BCUT2D eigenvalue weighted by molar-refractivity contribution is -0.142. The van der Waals surface area contributed by atoms with Crippen molar-refractivity contribution in [2.24, 2.45) is 0 Å². The van der Waals surface area contributed by atoms with Crippen LogP contribution in [0, 0.1) is 0 Å². The van der Waals surface area contributed by atoms with E-state index >= 15 is 0 Å². The van der Waals surface area contributed by atoms with Crippen molar-refractivity contribution in [1.82, 2.24) is 9.80 Å². The topological polar surface area (TPSA) is 96.5 Å². The van der Waals surface area contributed by atoms with E-state index < -0.39 is 24.4 Å². The van der Waals surface area contributed by atoms with Gasteiger partial charge < -0.3 is 14.4 Å². The van der Waals surface area contributed by atoms with E-state index in [4.69, 9.17) is 9.47 Å². The first-order valence-corrected chi connectivity index (χ1v) is 10.8. The van der Waals surface area contributed by atoms with Gasteiger partial charge in [0.2, 0.25) is 5.91 Å². The summed E-state index contributed by atoms with van der Waals surface area (Å²) in [5.74, 6) is -1.42. The summed E-state index contributed by atoms with van der Waals surface area (Å²) in [6.45, 7) is 5.64. The van der Waals surface area contributed by atoms with Crippen LogP contribution in [0.5, 0.6) is 11.5 Å². The largest absolute Gasteiger partial charge is 0.490 e. The van der Waals surface area contributed by atoms with Crippen LogP contribution in [0.3, 0.4) is 0 Å². The summed E-state index contributed by atoms with van der Waals surface area (Å²) < 4.78 is 11.4. The summed E-state index contributed by atoms with van der Waals surface area (Å²) in [6.07, 6.45) is 4.42. The maximum absolute atomic E-state index is 12.9. The van der Waals surface area contributed by atoms with Gasteiger partial charge in [0, 0.05) is 19.2 Å². The monoisotopic (exact) mass is 431 g/mol. The minimum Gasteiger partial charge on any atom is -0.490 e. The number of imide groups is 2. The first kappa shape index (κ1) is 22.6. The van der Waals surface area contributed by atoms with Crippen LogP contribution in [-0.4, -0.2) is 66.4 Å². The molecule has 5 amide bonds. The first-order chi connectivity index (χ1) is 15.0. The second-order valence-corrected chi connectivity index (χ2v) is 7.58. The molecule has 0 spiro atoms. The van der Waals surface area contributed by atoms with Gasteiger partial charge in [0.15, 0.2) is 11.5 Å². The lowest BCUT2D eigenvalue weighted by atomic mass is 10.1. The van der Waals surface area contributed by atoms with Crippen molar-refractivity contribution in [1.29, 1.82) is 0 Å². The van der Waals surface area contributed by atoms with Crippen LogP contribution < -0.4 is 14.4 Å². The molecule has 2 saturated heterocycles. The van der Waals surface area contributed by atoms with E-state index in [9.17, 15) is 19.2 Å². The summed E-state index contributed by atoms with van der Waals surface area (Å²) in [5, 5.41) is 0.